The van der Waals surface area contributed by atoms with E-state index in [1.54, 1.807) is 6.92 Å². The fraction of sp³-hybridized carbons (Fsp3) is 0.368. The van der Waals surface area contributed by atoms with Crippen molar-refractivity contribution >= 4 is 10.0 Å². The molecule has 0 saturated heterocycles. The molecule has 0 heterocycles. The summed E-state index contributed by atoms with van der Waals surface area (Å²) in [6, 6.07) is 10.9. The molecule has 1 N–H and O–H groups in total. The molecule has 0 saturated carbocycles. The first-order valence-corrected chi connectivity index (χ1v) is 9.49. The predicted octanol–water partition coefficient (Wildman–Crippen LogP) is 4.17. The molecule has 0 aliphatic rings. The Morgan fingerprint density at radius 1 is 1.08 bits per heavy atom. The van der Waals surface area contributed by atoms with Gasteiger partial charge in [0.25, 0.3) is 0 Å². The molecule has 0 aliphatic carbocycles. The van der Waals surface area contributed by atoms with Crippen LogP contribution in [0.2, 0.25) is 0 Å². The molecule has 0 bridgehead atoms. The lowest BCUT2D eigenvalue weighted by atomic mass is 9.86. The zero-order valence-corrected chi connectivity index (χ0v) is 15.9. The average Bonchev–Trinajstić information content (AvgIpc) is 2.53. The lowest BCUT2D eigenvalue weighted by Crippen LogP contribution is -2.27. The fourth-order valence-corrected chi connectivity index (χ4v) is 3.70. The van der Waals surface area contributed by atoms with Crippen LogP contribution in [0.4, 0.5) is 4.39 Å². The minimum absolute atomic E-state index is 0.00441. The largest absolute Gasteiger partial charge is 0.494 e. The summed E-state index contributed by atoms with van der Waals surface area (Å²) in [6.07, 6.45) is 0. The summed E-state index contributed by atoms with van der Waals surface area (Å²) < 4.78 is 46.1. The summed E-state index contributed by atoms with van der Waals surface area (Å²) in [7, 11) is -2.51. The SMILES string of the molecule is COc1ccc(S(=O)(=O)N[C@@H](C)c2ccc(C(C)(C)C)cc2)cc1F. The van der Waals surface area contributed by atoms with Crippen LogP contribution in [0.15, 0.2) is 47.4 Å². The first-order chi connectivity index (χ1) is 11.5. The Kier molecular flexibility index (Phi) is 5.54. The van der Waals surface area contributed by atoms with Gasteiger partial charge in [0.15, 0.2) is 11.6 Å². The number of nitrogens with one attached hydrogen (secondary N) is 1. The van der Waals surface area contributed by atoms with Gasteiger partial charge in [0, 0.05) is 6.04 Å². The number of hydrogen-bond donors (Lipinski definition) is 1. The van der Waals surface area contributed by atoms with Crippen LogP contribution in [0.1, 0.15) is 44.9 Å². The van der Waals surface area contributed by atoms with Gasteiger partial charge in [-0.05, 0) is 41.7 Å². The van der Waals surface area contributed by atoms with Gasteiger partial charge in [-0.25, -0.2) is 17.5 Å². The van der Waals surface area contributed by atoms with E-state index >= 15 is 0 Å². The predicted molar refractivity (Wildman–Crippen MR) is 96.8 cm³/mol. The van der Waals surface area contributed by atoms with E-state index in [0.29, 0.717) is 0 Å². The van der Waals surface area contributed by atoms with Crippen molar-refractivity contribution in [3.8, 4) is 5.75 Å². The molecule has 0 aromatic heterocycles. The molecular formula is C19H24FNO3S. The highest BCUT2D eigenvalue weighted by atomic mass is 32.2. The molecular weight excluding hydrogens is 341 g/mol. The van der Waals surface area contributed by atoms with E-state index in [9.17, 15) is 12.8 Å². The Labute approximate surface area is 149 Å². The van der Waals surface area contributed by atoms with Gasteiger partial charge in [0.1, 0.15) is 0 Å². The van der Waals surface area contributed by atoms with E-state index < -0.39 is 21.9 Å². The molecule has 0 aliphatic heterocycles. The third-order valence-electron chi connectivity index (χ3n) is 4.04. The number of methoxy groups -OCH3 is 1. The van der Waals surface area contributed by atoms with Gasteiger partial charge in [0.05, 0.1) is 12.0 Å². The van der Waals surface area contributed by atoms with Crippen LogP contribution in [-0.4, -0.2) is 15.5 Å². The van der Waals surface area contributed by atoms with Crippen LogP contribution < -0.4 is 9.46 Å². The Morgan fingerprint density at radius 3 is 2.16 bits per heavy atom. The second-order valence-corrected chi connectivity index (χ2v) is 8.73. The van der Waals surface area contributed by atoms with Crippen LogP contribution in [0.25, 0.3) is 0 Å². The molecule has 2 aromatic carbocycles. The summed E-state index contributed by atoms with van der Waals surface area (Å²) in [5.41, 5.74) is 2.04. The molecule has 2 rings (SSSR count). The fourth-order valence-electron chi connectivity index (χ4n) is 2.45. The zero-order valence-electron chi connectivity index (χ0n) is 15.1. The number of halogens is 1. The van der Waals surface area contributed by atoms with Crippen molar-refractivity contribution in [1.29, 1.82) is 0 Å². The van der Waals surface area contributed by atoms with Crippen molar-refractivity contribution in [1.82, 2.24) is 4.72 Å². The smallest absolute Gasteiger partial charge is 0.241 e. The van der Waals surface area contributed by atoms with Crippen molar-refractivity contribution in [2.75, 3.05) is 7.11 Å². The molecule has 4 nitrogen and oxygen atoms in total. The van der Waals surface area contributed by atoms with E-state index in [1.807, 2.05) is 24.3 Å². The maximum absolute atomic E-state index is 13.8. The quantitative estimate of drug-likeness (QED) is 0.865. The molecule has 0 unspecified atom stereocenters. The summed E-state index contributed by atoms with van der Waals surface area (Å²) in [6.45, 7) is 8.11. The van der Waals surface area contributed by atoms with Gasteiger partial charge < -0.3 is 4.74 Å². The average molecular weight is 365 g/mol. The molecule has 0 fully saturated rings. The van der Waals surface area contributed by atoms with E-state index in [4.69, 9.17) is 4.74 Å². The maximum atomic E-state index is 13.8. The maximum Gasteiger partial charge on any atom is 0.241 e. The van der Waals surface area contributed by atoms with E-state index in [1.165, 1.54) is 24.8 Å². The highest BCUT2D eigenvalue weighted by molar-refractivity contribution is 7.89. The standard InChI is InChI=1S/C19H24FNO3S/c1-13(14-6-8-15(9-7-14)19(2,3)4)21-25(22,23)16-10-11-18(24-5)17(20)12-16/h6-13,21H,1-5H3/t13-/m0/s1. The van der Waals surface area contributed by atoms with Crippen LogP contribution in [0.3, 0.4) is 0 Å². The number of benzene rings is 2. The lowest BCUT2D eigenvalue weighted by Gasteiger charge is -2.20. The Balaban J connectivity index is 2.21. The van der Waals surface area contributed by atoms with Crippen LogP contribution in [-0.2, 0) is 15.4 Å². The van der Waals surface area contributed by atoms with Gasteiger partial charge in [0.2, 0.25) is 10.0 Å². The lowest BCUT2D eigenvalue weighted by molar-refractivity contribution is 0.385. The molecule has 1 atom stereocenters. The molecule has 0 spiro atoms. The van der Waals surface area contributed by atoms with Gasteiger partial charge in [-0.2, -0.15) is 0 Å². The Morgan fingerprint density at radius 2 is 1.68 bits per heavy atom. The summed E-state index contributed by atoms with van der Waals surface area (Å²) in [5, 5.41) is 0. The second kappa shape index (κ2) is 7.14. The van der Waals surface area contributed by atoms with Crippen LogP contribution in [0, 0.1) is 5.82 Å². The monoisotopic (exact) mass is 365 g/mol. The first-order valence-electron chi connectivity index (χ1n) is 8.01. The third-order valence-corrected chi connectivity index (χ3v) is 5.58. The van der Waals surface area contributed by atoms with Gasteiger partial charge in [-0.15, -0.1) is 0 Å². The number of hydrogen-bond acceptors (Lipinski definition) is 3. The summed E-state index contributed by atoms with van der Waals surface area (Å²) >= 11 is 0. The van der Waals surface area contributed by atoms with Crippen molar-refractivity contribution in [3.05, 3.63) is 59.4 Å². The molecule has 0 radical (unpaired) electrons. The minimum Gasteiger partial charge on any atom is -0.494 e. The van der Waals surface area contributed by atoms with E-state index in [2.05, 4.69) is 25.5 Å². The Hall–Kier alpha value is -1.92. The normalized spacial score (nSPS) is 13.5. The van der Waals surface area contributed by atoms with Gasteiger partial charge in [-0.1, -0.05) is 45.0 Å². The number of sulfonamides is 1. The number of rotatable bonds is 5. The van der Waals surface area contributed by atoms with E-state index in [-0.39, 0.29) is 16.1 Å². The molecule has 0 amide bonds. The number of ether oxygens (including phenoxy) is 1. The van der Waals surface area contributed by atoms with Crippen molar-refractivity contribution in [2.45, 2.75) is 44.0 Å². The molecule has 25 heavy (non-hydrogen) atoms. The van der Waals surface area contributed by atoms with Gasteiger partial charge in [-0.3, -0.25) is 0 Å². The zero-order chi connectivity index (χ0) is 18.8. The summed E-state index contributed by atoms with van der Waals surface area (Å²) in [4.78, 5) is -0.135. The molecule has 136 valence electrons. The van der Waals surface area contributed by atoms with Crippen molar-refractivity contribution < 1.29 is 17.5 Å². The highest BCUT2D eigenvalue weighted by Crippen LogP contribution is 2.25. The van der Waals surface area contributed by atoms with Crippen LogP contribution >= 0.6 is 0 Å². The Bertz CT molecular complexity index is 840. The van der Waals surface area contributed by atoms with Crippen molar-refractivity contribution in [2.24, 2.45) is 0 Å². The topological polar surface area (TPSA) is 55.4 Å². The van der Waals surface area contributed by atoms with Crippen LogP contribution in [0.5, 0.6) is 5.75 Å². The van der Waals surface area contributed by atoms with E-state index in [0.717, 1.165) is 11.6 Å². The van der Waals surface area contributed by atoms with Crippen molar-refractivity contribution in [3.63, 3.8) is 0 Å². The second-order valence-electron chi connectivity index (χ2n) is 7.01. The third kappa shape index (κ3) is 4.58. The molecule has 2 aromatic rings. The summed E-state index contributed by atoms with van der Waals surface area (Å²) in [5.74, 6) is -0.711. The highest BCUT2D eigenvalue weighted by Gasteiger charge is 2.21. The van der Waals surface area contributed by atoms with Gasteiger partial charge >= 0.3 is 0 Å². The molecule has 6 heteroatoms. The minimum atomic E-state index is -3.84. The first kappa shape index (κ1) is 19.4.